The lowest BCUT2D eigenvalue weighted by molar-refractivity contribution is -0.141. The zero-order valence-corrected chi connectivity index (χ0v) is 8.67. The van der Waals surface area contributed by atoms with Crippen molar-refractivity contribution < 1.29 is 8.62 Å². The molecule has 0 aromatic heterocycles. The fraction of sp³-hybridized carbons (Fsp3) is 0.444. The summed E-state index contributed by atoms with van der Waals surface area (Å²) in [6.07, 6.45) is 7.66. The van der Waals surface area contributed by atoms with Gasteiger partial charge >= 0.3 is 5.97 Å². The van der Waals surface area contributed by atoms with Crippen molar-refractivity contribution in [1.29, 1.82) is 0 Å². The summed E-state index contributed by atoms with van der Waals surface area (Å²) < 4.78 is 4.55. The second-order valence-corrected chi connectivity index (χ2v) is 3.50. The van der Waals surface area contributed by atoms with Crippen molar-refractivity contribution in [3.63, 3.8) is 0 Å². The highest BCUT2D eigenvalue weighted by Crippen LogP contribution is 2.34. The summed E-state index contributed by atoms with van der Waals surface area (Å²) in [5.74, 6) is -0.0804. The summed E-state index contributed by atoms with van der Waals surface area (Å²) >= 11 is 2.71. The molecule has 1 rings (SSSR count). The van der Waals surface area contributed by atoms with Gasteiger partial charge in [-0.3, -0.25) is 4.79 Å². The van der Waals surface area contributed by atoms with Gasteiger partial charge in [0, 0.05) is 0 Å². The van der Waals surface area contributed by atoms with Crippen molar-refractivity contribution in [2.75, 3.05) is 0 Å². The first-order valence-corrected chi connectivity index (χ1v) is 4.45. The van der Waals surface area contributed by atoms with Crippen LogP contribution in [-0.2, 0) is 8.62 Å². The normalized spacial score (nSPS) is 33.4. The zero-order chi connectivity index (χ0) is 9.19. The van der Waals surface area contributed by atoms with E-state index in [-0.39, 0.29) is 11.9 Å². The van der Waals surface area contributed by atoms with E-state index in [0.717, 1.165) is 0 Å². The van der Waals surface area contributed by atoms with Crippen molar-refractivity contribution >= 4 is 22.2 Å². The molecular formula is C9H11BrO2. The largest absolute Gasteiger partial charge is 0.383 e. The summed E-state index contributed by atoms with van der Waals surface area (Å²) in [5.41, 5.74) is -0.530. The van der Waals surface area contributed by atoms with Gasteiger partial charge in [-0.1, -0.05) is 31.2 Å². The summed E-state index contributed by atoms with van der Waals surface area (Å²) in [5, 5.41) is 0. The highest BCUT2D eigenvalue weighted by molar-refractivity contribution is 9.06. The monoisotopic (exact) mass is 230 g/mol. The molecule has 2 unspecified atom stereocenters. The minimum absolute atomic E-state index is 0.174. The van der Waals surface area contributed by atoms with Gasteiger partial charge in [-0.2, -0.15) is 0 Å². The molecule has 1 aliphatic rings. The molecular weight excluding hydrogens is 220 g/mol. The number of carbonyl (C=O) groups is 1. The molecule has 0 radical (unpaired) electrons. The van der Waals surface area contributed by atoms with Crippen LogP contribution >= 0.6 is 16.3 Å². The van der Waals surface area contributed by atoms with Crippen molar-refractivity contribution in [2.45, 2.75) is 13.8 Å². The van der Waals surface area contributed by atoms with Gasteiger partial charge in [0.25, 0.3) is 0 Å². The van der Waals surface area contributed by atoms with E-state index in [1.165, 1.54) is 0 Å². The van der Waals surface area contributed by atoms with E-state index in [2.05, 4.69) is 20.1 Å². The van der Waals surface area contributed by atoms with Crippen molar-refractivity contribution in [3.05, 3.63) is 24.3 Å². The molecule has 2 atom stereocenters. The number of carbonyl (C=O) groups excluding carboxylic acids is 1. The van der Waals surface area contributed by atoms with Crippen LogP contribution in [0.4, 0.5) is 0 Å². The summed E-state index contributed by atoms with van der Waals surface area (Å²) in [6.45, 7) is 3.85. The molecule has 66 valence electrons. The Balaban J connectivity index is 2.90. The van der Waals surface area contributed by atoms with Crippen LogP contribution in [0.5, 0.6) is 0 Å². The van der Waals surface area contributed by atoms with Crippen LogP contribution in [-0.4, -0.2) is 5.97 Å². The molecule has 0 heterocycles. The van der Waals surface area contributed by atoms with Gasteiger partial charge in [0.2, 0.25) is 0 Å². The third-order valence-corrected chi connectivity index (χ3v) is 2.70. The van der Waals surface area contributed by atoms with Gasteiger partial charge in [0.1, 0.15) is 0 Å². The third-order valence-electron chi connectivity index (χ3n) is 2.41. The molecule has 0 fully saturated rings. The van der Waals surface area contributed by atoms with Crippen LogP contribution in [0, 0.1) is 11.3 Å². The highest BCUT2D eigenvalue weighted by atomic mass is 79.9. The molecule has 12 heavy (non-hydrogen) atoms. The van der Waals surface area contributed by atoms with Crippen molar-refractivity contribution in [2.24, 2.45) is 11.3 Å². The molecule has 0 bridgehead atoms. The number of hydrogen-bond donors (Lipinski definition) is 0. The van der Waals surface area contributed by atoms with Gasteiger partial charge in [-0.25, -0.2) is 0 Å². The van der Waals surface area contributed by atoms with Gasteiger partial charge in [-0.05, 0) is 12.8 Å². The van der Waals surface area contributed by atoms with Gasteiger partial charge in [0.15, 0.2) is 16.3 Å². The fourth-order valence-corrected chi connectivity index (χ4v) is 1.52. The quantitative estimate of drug-likeness (QED) is 0.693. The Morgan fingerprint density at radius 3 is 2.75 bits per heavy atom. The SMILES string of the molecule is CC1C=CC=CC1(C)C(=O)OBr. The van der Waals surface area contributed by atoms with Crippen LogP contribution in [0.3, 0.4) is 0 Å². The molecule has 0 aliphatic heterocycles. The number of halogens is 1. The second-order valence-electron chi connectivity index (χ2n) is 3.18. The molecule has 0 saturated heterocycles. The number of hydrogen-bond acceptors (Lipinski definition) is 2. The van der Waals surface area contributed by atoms with Crippen LogP contribution in [0.15, 0.2) is 24.3 Å². The van der Waals surface area contributed by atoms with Crippen LogP contribution < -0.4 is 0 Å². The van der Waals surface area contributed by atoms with Gasteiger partial charge in [-0.15, -0.1) is 0 Å². The average Bonchev–Trinajstić information content (AvgIpc) is 2.09. The van der Waals surface area contributed by atoms with E-state index in [1.54, 1.807) is 0 Å². The highest BCUT2D eigenvalue weighted by Gasteiger charge is 2.37. The maximum atomic E-state index is 11.3. The zero-order valence-electron chi connectivity index (χ0n) is 7.08. The molecule has 0 spiro atoms. The standard InChI is InChI=1S/C9H11BrO2/c1-7-5-3-4-6-9(7,2)8(11)12-10/h3-7H,1-2H3. The van der Waals surface area contributed by atoms with E-state index in [9.17, 15) is 4.79 Å². The first kappa shape index (κ1) is 9.52. The van der Waals surface area contributed by atoms with Crippen LogP contribution in [0.25, 0.3) is 0 Å². The summed E-state index contributed by atoms with van der Waals surface area (Å²) in [6, 6.07) is 0. The molecule has 3 heteroatoms. The van der Waals surface area contributed by atoms with Crippen LogP contribution in [0.1, 0.15) is 13.8 Å². The number of rotatable bonds is 1. The first-order valence-electron chi connectivity index (χ1n) is 3.80. The minimum Gasteiger partial charge on any atom is -0.383 e. The maximum absolute atomic E-state index is 11.3. The van der Waals surface area contributed by atoms with Gasteiger partial charge in [0.05, 0.1) is 5.41 Å². The maximum Gasteiger partial charge on any atom is 0.327 e. The Morgan fingerprint density at radius 2 is 2.25 bits per heavy atom. The van der Waals surface area contributed by atoms with E-state index in [4.69, 9.17) is 0 Å². The predicted molar refractivity (Wildman–Crippen MR) is 50.6 cm³/mol. The Kier molecular flexibility index (Phi) is 2.73. The number of allylic oxidation sites excluding steroid dienone is 3. The summed E-state index contributed by atoms with van der Waals surface area (Å²) in [4.78, 5) is 11.3. The Morgan fingerprint density at radius 1 is 1.58 bits per heavy atom. The third kappa shape index (κ3) is 1.46. The minimum atomic E-state index is -0.530. The fourth-order valence-electron chi connectivity index (χ4n) is 1.17. The molecule has 0 amide bonds. The molecule has 0 aromatic carbocycles. The molecule has 0 aromatic rings. The molecule has 0 saturated carbocycles. The molecule has 2 nitrogen and oxygen atoms in total. The Bertz CT molecular complexity index is 245. The lowest BCUT2D eigenvalue weighted by atomic mass is 9.75. The van der Waals surface area contributed by atoms with E-state index in [0.29, 0.717) is 0 Å². The average molecular weight is 231 g/mol. The molecule has 1 aliphatic carbocycles. The van der Waals surface area contributed by atoms with Crippen molar-refractivity contribution in [3.8, 4) is 0 Å². The van der Waals surface area contributed by atoms with Crippen molar-refractivity contribution in [1.82, 2.24) is 0 Å². The Labute approximate surface area is 80.7 Å². The lowest BCUT2D eigenvalue weighted by Crippen LogP contribution is -2.32. The lowest BCUT2D eigenvalue weighted by Gasteiger charge is -2.28. The predicted octanol–water partition coefficient (Wildman–Crippen LogP) is 2.61. The van der Waals surface area contributed by atoms with E-state index < -0.39 is 5.41 Å². The smallest absolute Gasteiger partial charge is 0.327 e. The topological polar surface area (TPSA) is 26.3 Å². The Hall–Kier alpha value is -0.570. The van der Waals surface area contributed by atoms with E-state index >= 15 is 0 Å². The summed E-state index contributed by atoms with van der Waals surface area (Å²) in [7, 11) is 0. The van der Waals surface area contributed by atoms with Gasteiger partial charge < -0.3 is 3.83 Å². The van der Waals surface area contributed by atoms with Crippen LogP contribution in [0.2, 0.25) is 0 Å². The first-order chi connectivity index (χ1) is 5.61. The second kappa shape index (κ2) is 3.44. The van der Waals surface area contributed by atoms with E-state index in [1.807, 2.05) is 38.2 Å². The molecule has 0 N–H and O–H groups in total.